The highest BCUT2D eigenvalue weighted by Gasteiger charge is 2.26. The van der Waals surface area contributed by atoms with Crippen molar-refractivity contribution in [2.45, 2.75) is 19.8 Å². The van der Waals surface area contributed by atoms with E-state index < -0.39 is 0 Å². The van der Waals surface area contributed by atoms with Crippen LogP contribution in [0.4, 0.5) is 0 Å². The minimum absolute atomic E-state index is 0.0480. The first kappa shape index (κ1) is 11.5. The molecule has 0 N–H and O–H groups in total. The Morgan fingerprint density at radius 1 is 1.50 bits per heavy atom. The lowest BCUT2D eigenvalue weighted by Crippen LogP contribution is -2.32. The number of hydrogen-bond donors (Lipinski definition) is 0. The zero-order chi connectivity index (χ0) is 12.5. The fourth-order valence-electron chi connectivity index (χ4n) is 1.95. The van der Waals surface area contributed by atoms with Crippen molar-refractivity contribution in [1.29, 1.82) is 0 Å². The molecule has 0 radical (unpaired) electrons. The summed E-state index contributed by atoms with van der Waals surface area (Å²) in [5.41, 5.74) is 1.92. The number of nitrogens with zero attached hydrogens (tertiary/aromatic N) is 4. The van der Waals surface area contributed by atoms with Crippen LogP contribution in [0.15, 0.2) is 12.3 Å². The molecule has 0 atom stereocenters. The van der Waals surface area contributed by atoms with Gasteiger partial charge in [0.15, 0.2) is 5.65 Å². The van der Waals surface area contributed by atoms with Gasteiger partial charge in [0, 0.05) is 19.3 Å². The lowest BCUT2D eigenvalue weighted by molar-refractivity contribution is 0.0756. The van der Waals surface area contributed by atoms with Gasteiger partial charge in [-0.2, -0.15) is 8.75 Å². The average molecular weight is 262 g/mol. The van der Waals surface area contributed by atoms with Gasteiger partial charge in [-0.3, -0.25) is 4.79 Å². The standard InChI is InChI=1S/C12H14N4OS/c1-2-16(7-8-3-4-8)12(17)9-5-10-11(13-6-9)15-18-14-10/h5-6,8H,2-4,7H2,1H3. The molecule has 18 heavy (non-hydrogen) atoms. The summed E-state index contributed by atoms with van der Waals surface area (Å²) in [6, 6.07) is 1.78. The second-order valence-corrected chi connectivity index (χ2v) is 5.15. The van der Waals surface area contributed by atoms with E-state index in [2.05, 4.69) is 13.7 Å². The second kappa shape index (κ2) is 4.61. The van der Waals surface area contributed by atoms with Crippen molar-refractivity contribution < 1.29 is 4.79 Å². The van der Waals surface area contributed by atoms with Crippen molar-refractivity contribution in [2.24, 2.45) is 5.92 Å². The number of rotatable bonds is 4. The molecule has 1 fully saturated rings. The Morgan fingerprint density at radius 3 is 3.06 bits per heavy atom. The monoisotopic (exact) mass is 262 g/mol. The third kappa shape index (κ3) is 2.20. The van der Waals surface area contributed by atoms with Crippen LogP contribution < -0.4 is 0 Å². The van der Waals surface area contributed by atoms with E-state index in [4.69, 9.17) is 0 Å². The minimum Gasteiger partial charge on any atom is -0.339 e. The average Bonchev–Trinajstić information content (AvgIpc) is 3.09. The Morgan fingerprint density at radius 2 is 2.33 bits per heavy atom. The number of fused-ring (bicyclic) bond motifs is 1. The molecular weight excluding hydrogens is 248 g/mol. The van der Waals surface area contributed by atoms with Crippen molar-refractivity contribution in [3.8, 4) is 0 Å². The fraction of sp³-hybridized carbons (Fsp3) is 0.500. The Hall–Kier alpha value is -1.56. The van der Waals surface area contributed by atoms with Crippen LogP contribution in [0.3, 0.4) is 0 Å². The molecule has 0 aromatic carbocycles. The third-order valence-corrected chi connectivity index (χ3v) is 3.74. The Labute approximate surface area is 109 Å². The molecule has 6 heteroatoms. The van der Waals surface area contributed by atoms with Crippen LogP contribution in [-0.2, 0) is 0 Å². The maximum Gasteiger partial charge on any atom is 0.255 e. The largest absolute Gasteiger partial charge is 0.339 e. The van der Waals surface area contributed by atoms with Crippen LogP contribution in [0.25, 0.3) is 11.2 Å². The Kier molecular flexibility index (Phi) is 2.95. The smallest absolute Gasteiger partial charge is 0.255 e. The van der Waals surface area contributed by atoms with Crippen molar-refractivity contribution in [2.75, 3.05) is 13.1 Å². The summed E-state index contributed by atoms with van der Waals surface area (Å²) in [4.78, 5) is 18.4. The number of carbonyl (C=O) groups is 1. The molecule has 2 heterocycles. The molecule has 1 aliphatic carbocycles. The summed E-state index contributed by atoms with van der Waals surface area (Å²) in [6.07, 6.45) is 4.09. The highest BCUT2D eigenvalue weighted by molar-refractivity contribution is 7.00. The molecule has 3 rings (SSSR count). The van der Waals surface area contributed by atoms with E-state index in [1.165, 1.54) is 12.8 Å². The van der Waals surface area contributed by atoms with Crippen molar-refractivity contribution in [3.05, 3.63) is 17.8 Å². The van der Waals surface area contributed by atoms with Crippen molar-refractivity contribution in [1.82, 2.24) is 18.6 Å². The minimum atomic E-state index is 0.0480. The highest BCUT2D eigenvalue weighted by Crippen LogP contribution is 2.30. The fourth-order valence-corrected chi connectivity index (χ4v) is 2.43. The van der Waals surface area contributed by atoms with Crippen molar-refractivity contribution in [3.63, 3.8) is 0 Å². The van der Waals surface area contributed by atoms with Gasteiger partial charge in [-0.1, -0.05) is 0 Å². The zero-order valence-electron chi connectivity index (χ0n) is 10.2. The van der Waals surface area contributed by atoms with Crippen LogP contribution >= 0.6 is 11.7 Å². The van der Waals surface area contributed by atoms with Crippen LogP contribution in [-0.4, -0.2) is 37.6 Å². The molecule has 2 aromatic rings. The first-order chi connectivity index (χ1) is 8.78. The van der Waals surface area contributed by atoms with E-state index in [0.29, 0.717) is 22.6 Å². The SMILES string of the molecule is CCN(CC1CC1)C(=O)c1cnc2nsnc2c1. The Balaban J connectivity index is 1.84. The van der Waals surface area contributed by atoms with Gasteiger partial charge < -0.3 is 4.90 Å². The number of amides is 1. The predicted octanol–water partition coefficient (Wildman–Crippen LogP) is 1.96. The number of carbonyl (C=O) groups excluding carboxylic acids is 1. The zero-order valence-corrected chi connectivity index (χ0v) is 11.0. The maximum atomic E-state index is 12.3. The van der Waals surface area contributed by atoms with Crippen LogP contribution in [0, 0.1) is 5.92 Å². The van der Waals surface area contributed by atoms with Crippen LogP contribution in [0.2, 0.25) is 0 Å². The van der Waals surface area contributed by atoms with Crippen LogP contribution in [0.5, 0.6) is 0 Å². The summed E-state index contributed by atoms with van der Waals surface area (Å²) in [6.45, 7) is 3.61. The van der Waals surface area contributed by atoms with E-state index in [1.54, 1.807) is 12.3 Å². The predicted molar refractivity (Wildman–Crippen MR) is 69.5 cm³/mol. The normalized spacial score (nSPS) is 14.9. The molecule has 1 aliphatic rings. The molecule has 0 unspecified atom stereocenters. The first-order valence-corrected chi connectivity index (χ1v) is 6.88. The van der Waals surface area contributed by atoms with Gasteiger partial charge in [-0.15, -0.1) is 0 Å². The molecular formula is C12H14N4OS. The van der Waals surface area contributed by atoms with E-state index in [-0.39, 0.29) is 5.91 Å². The number of aromatic nitrogens is 3. The molecule has 0 spiro atoms. The summed E-state index contributed by atoms with van der Waals surface area (Å²) >= 11 is 1.12. The molecule has 5 nitrogen and oxygen atoms in total. The molecule has 2 aromatic heterocycles. The lowest BCUT2D eigenvalue weighted by Gasteiger charge is -2.20. The molecule has 0 bridgehead atoms. The molecule has 94 valence electrons. The van der Waals surface area contributed by atoms with Gasteiger partial charge in [0.1, 0.15) is 5.52 Å². The van der Waals surface area contributed by atoms with Gasteiger partial charge in [-0.05, 0) is 31.7 Å². The lowest BCUT2D eigenvalue weighted by atomic mass is 10.2. The van der Waals surface area contributed by atoms with Gasteiger partial charge >= 0.3 is 0 Å². The van der Waals surface area contributed by atoms with E-state index in [1.807, 2.05) is 11.8 Å². The second-order valence-electron chi connectivity index (χ2n) is 4.62. The molecule has 1 amide bonds. The molecule has 1 saturated carbocycles. The van der Waals surface area contributed by atoms with E-state index in [0.717, 1.165) is 24.8 Å². The van der Waals surface area contributed by atoms with Gasteiger partial charge in [0.2, 0.25) is 0 Å². The van der Waals surface area contributed by atoms with Crippen LogP contribution in [0.1, 0.15) is 30.1 Å². The molecule has 0 saturated heterocycles. The van der Waals surface area contributed by atoms with E-state index in [9.17, 15) is 4.79 Å². The third-order valence-electron chi connectivity index (χ3n) is 3.21. The van der Waals surface area contributed by atoms with Crippen molar-refractivity contribution >= 4 is 28.8 Å². The highest BCUT2D eigenvalue weighted by atomic mass is 32.1. The van der Waals surface area contributed by atoms with E-state index >= 15 is 0 Å². The van der Waals surface area contributed by atoms with Gasteiger partial charge in [0.25, 0.3) is 5.91 Å². The number of pyridine rings is 1. The maximum absolute atomic E-state index is 12.3. The summed E-state index contributed by atoms with van der Waals surface area (Å²) in [5.74, 6) is 0.748. The topological polar surface area (TPSA) is 59.0 Å². The quantitative estimate of drug-likeness (QED) is 0.845. The summed E-state index contributed by atoms with van der Waals surface area (Å²) in [5, 5.41) is 0. The number of hydrogen-bond acceptors (Lipinski definition) is 5. The first-order valence-electron chi connectivity index (χ1n) is 6.15. The molecule has 0 aliphatic heterocycles. The van der Waals surface area contributed by atoms with Gasteiger partial charge in [0.05, 0.1) is 17.3 Å². The Bertz CT molecular complexity index is 578. The summed E-state index contributed by atoms with van der Waals surface area (Å²) in [7, 11) is 0. The summed E-state index contributed by atoms with van der Waals surface area (Å²) < 4.78 is 8.15. The van der Waals surface area contributed by atoms with Gasteiger partial charge in [-0.25, -0.2) is 4.98 Å².